The van der Waals surface area contributed by atoms with Crippen LogP contribution in [0.5, 0.6) is 5.75 Å². The van der Waals surface area contributed by atoms with Crippen molar-refractivity contribution in [3.8, 4) is 5.75 Å². The molecule has 1 aliphatic heterocycles. The van der Waals surface area contributed by atoms with Crippen molar-refractivity contribution in [1.82, 2.24) is 15.5 Å². The van der Waals surface area contributed by atoms with E-state index < -0.39 is 0 Å². The zero-order chi connectivity index (χ0) is 16.7. The highest BCUT2D eigenvalue weighted by molar-refractivity contribution is 5.85. The van der Waals surface area contributed by atoms with Crippen molar-refractivity contribution in [2.75, 3.05) is 33.3 Å². The Kier molecular flexibility index (Phi) is 9.11. The molecule has 1 fully saturated rings. The van der Waals surface area contributed by atoms with Crippen LogP contribution in [0.3, 0.4) is 0 Å². The largest absolute Gasteiger partial charge is 0.497 e. The van der Waals surface area contributed by atoms with Gasteiger partial charge >= 0.3 is 0 Å². The van der Waals surface area contributed by atoms with Crippen molar-refractivity contribution in [3.05, 3.63) is 29.8 Å². The molecule has 1 aromatic carbocycles. The molecule has 1 aliphatic rings. The van der Waals surface area contributed by atoms with Gasteiger partial charge in [0.2, 0.25) is 5.91 Å². The Labute approximate surface area is 151 Å². The summed E-state index contributed by atoms with van der Waals surface area (Å²) in [5.41, 5.74) is 1.17. The predicted octanol–water partition coefficient (Wildman–Crippen LogP) is 2.37. The lowest BCUT2D eigenvalue weighted by atomic mass is 10.0. The first-order valence-electron chi connectivity index (χ1n) is 8.58. The van der Waals surface area contributed by atoms with Crippen molar-refractivity contribution < 1.29 is 9.53 Å². The van der Waals surface area contributed by atoms with Crippen LogP contribution in [0.2, 0.25) is 0 Å². The topological polar surface area (TPSA) is 53.6 Å². The molecular weight excluding hydrogens is 326 g/mol. The molecule has 2 N–H and O–H groups in total. The Bertz CT molecular complexity index is 503. The zero-order valence-electron chi connectivity index (χ0n) is 14.9. The molecule has 6 heteroatoms. The summed E-state index contributed by atoms with van der Waals surface area (Å²) >= 11 is 0. The summed E-state index contributed by atoms with van der Waals surface area (Å²) in [5.74, 6) is 0.964. The van der Waals surface area contributed by atoms with E-state index >= 15 is 0 Å². The monoisotopic (exact) mass is 355 g/mol. The van der Waals surface area contributed by atoms with Gasteiger partial charge in [0.25, 0.3) is 0 Å². The Balaban J connectivity index is 0.00000288. The fourth-order valence-corrected chi connectivity index (χ4v) is 3.20. The number of ether oxygens (including phenoxy) is 1. The predicted molar refractivity (Wildman–Crippen MR) is 99.9 cm³/mol. The van der Waals surface area contributed by atoms with Gasteiger partial charge in [-0.3, -0.25) is 9.69 Å². The van der Waals surface area contributed by atoms with Gasteiger partial charge in [0.15, 0.2) is 0 Å². The molecule has 5 nitrogen and oxygen atoms in total. The first-order valence-corrected chi connectivity index (χ1v) is 8.58. The molecule has 0 aliphatic carbocycles. The molecule has 136 valence electrons. The molecular formula is C18H30ClN3O2. The normalized spacial score (nSPS) is 18.1. The lowest BCUT2D eigenvalue weighted by molar-refractivity contribution is -0.123. The number of amides is 1. The number of hydrogen-bond acceptors (Lipinski definition) is 4. The van der Waals surface area contributed by atoms with Crippen LogP contribution in [0.4, 0.5) is 0 Å². The summed E-state index contributed by atoms with van der Waals surface area (Å²) in [4.78, 5) is 14.6. The summed E-state index contributed by atoms with van der Waals surface area (Å²) in [5, 5.41) is 6.38. The first kappa shape index (κ1) is 20.7. The van der Waals surface area contributed by atoms with E-state index in [1.807, 2.05) is 12.1 Å². The third kappa shape index (κ3) is 5.36. The van der Waals surface area contributed by atoms with Crippen molar-refractivity contribution in [2.45, 2.75) is 38.8 Å². The van der Waals surface area contributed by atoms with E-state index in [2.05, 4.69) is 41.5 Å². The molecule has 2 atom stereocenters. The number of rotatable bonds is 8. The lowest BCUT2D eigenvalue weighted by Crippen LogP contribution is -2.44. The van der Waals surface area contributed by atoms with Crippen LogP contribution < -0.4 is 15.4 Å². The fourth-order valence-electron chi connectivity index (χ4n) is 3.20. The van der Waals surface area contributed by atoms with Gasteiger partial charge in [0, 0.05) is 6.54 Å². The molecule has 1 heterocycles. The van der Waals surface area contributed by atoms with Crippen LogP contribution in [-0.4, -0.2) is 50.1 Å². The second-order valence-corrected chi connectivity index (χ2v) is 5.91. The van der Waals surface area contributed by atoms with Crippen LogP contribution in [0, 0.1) is 0 Å². The Morgan fingerprint density at radius 2 is 2.17 bits per heavy atom. The van der Waals surface area contributed by atoms with E-state index in [9.17, 15) is 4.79 Å². The average Bonchev–Trinajstić information content (AvgIpc) is 3.13. The second-order valence-electron chi connectivity index (χ2n) is 5.91. The summed E-state index contributed by atoms with van der Waals surface area (Å²) in [6.45, 7) is 7.74. The number of nitrogens with zero attached hydrogens (tertiary/aromatic N) is 1. The van der Waals surface area contributed by atoms with Crippen molar-refractivity contribution >= 4 is 18.3 Å². The molecule has 0 radical (unpaired) electrons. The summed E-state index contributed by atoms with van der Waals surface area (Å²) in [6, 6.07) is 8.24. The van der Waals surface area contributed by atoms with Gasteiger partial charge in [-0.15, -0.1) is 12.4 Å². The highest BCUT2D eigenvalue weighted by Gasteiger charge is 2.24. The minimum atomic E-state index is -0.0299. The molecule has 0 spiro atoms. The van der Waals surface area contributed by atoms with Gasteiger partial charge in [-0.2, -0.15) is 0 Å². The smallest absolute Gasteiger partial charge is 0.237 e. The zero-order valence-corrected chi connectivity index (χ0v) is 15.7. The maximum atomic E-state index is 12.3. The number of likely N-dealkylation sites (N-methyl/N-ethyl adjacent to an activating group) is 1. The minimum absolute atomic E-state index is 0. The van der Waals surface area contributed by atoms with E-state index in [0.29, 0.717) is 6.54 Å². The average molecular weight is 356 g/mol. The Hall–Kier alpha value is -1.30. The number of halogens is 1. The number of carbonyl (C=O) groups is 1. The summed E-state index contributed by atoms with van der Waals surface area (Å²) in [6.07, 6.45) is 2.01. The van der Waals surface area contributed by atoms with Crippen LogP contribution in [0.15, 0.2) is 24.3 Å². The van der Waals surface area contributed by atoms with Gasteiger partial charge in [0.05, 0.1) is 19.2 Å². The highest BCUT2D eigenvalue weighted by atomic mass is 35.5. The van der Waals surface area contributed by atoms with Crippen LogP contribution in [0.1, 0.15) is 38.3 Å². The van der Waals surface area contributed by atoms with Gasteiger partial charge in [0.1, 0.15) is 5.75 Å². The molecule has 0 bridgehead atoms. The summed E-state index contributed by atoms with van der Waals surface area (Å²) in [7, 11) is 1.68. The van der Waals surface area contributed by atoms with Crippen LogP contribution in [0.25, 0.3) is 0 Å². The van der Waals surface area contributed by atoms with E-state index in [4.69, 9.17) is 4.74 Å². The molecule has 24 heavy (non-hydrogen) atoms. The molecule has 0 aromatic heterocycles. The Morgan fingerprint density at radius 3 is 2.75 bits per heavy atom. The standard InChI is InChI=1S/C18H29N3O2.ClH/c1-4-21(5-2)17(14-8-6-9-15(12-14)23-3)13-20-18(22)16-10-7-11-19-16;/h6,8-9,12,16-17,19H,4-5,7,10-11,13H2,1-3H3,(H,20,22);1H. The van der Waals surface area contributed by atoms with E-state index in [1.54, 1.807) is 7.11 Å². The number of methoxy groups -OCH3 is 1. The first-order chi connectivity index (χ1) is 11.2. The van der Waals surface area contributed by atoms with Crippen LogP contribution >= 0.6 is 12.4 Å². The third-order valence-electron chi connectivity index (χ3n) is 4.58. The third-order valence-corrected chi connectivity index (χ3v) is 4.58. The lowest BCUT2D eigenvalue weighted by Gasteiger charge is -2.30. The molecule has 2 unspecified atom stereocenters. The molecule has 2 rings (SSSR count). The van der Waals surface area contributed by atoms with Crippen LogP contribution in [-0.2, 0) is 4.79 Å². The van der Waals surface area contributed by atoms with Gasteiger partial charge in [-0.05, 0) is 50.2 Å². The van der Waals surface area contributed by atoms with Crippen molar-refractivity contribution in [3.63, 3.8) is 0 Å². The molecule has 1 amide bonds. The van der Waals surface area contributed by atoms with E-state index in [1.165, 1.54) is 5.56 Å². The Morgan fingerprint density at radius 1 is 1.42 bits per heavy atom. The van der Waals surface area contributed by atoms with E-state index in [-0.39, 0.29) is 30.4 Å². The van der Waals surface area contributed by atoms with Crippen molar-refractivity contribution in [2.24, 2.45) is 0 Å². The maximum Gasteiger partial charge on any atom is 0.237 e. The van der Waals surface area contributed by atoms with Gasteiger partial charge in [-0.25, -0.2) is 0 Å². The van der Waals surface area contributed by atoms with Gasteiger partial charge < -0.3 is 15.4 Å². The second kappa shape index (κ2) is 10.5. The number of carbonyl (C=O) groups excluding carboxylic acids is 1. The maximum absolute atomic E-state index is 12.3. The molecule has 1 saturated heterocycles. The quantitative estimate of drug-likeness (QED) is 0.751. The summed E-state index contributed by atoms with van der Waals surface area (Å²) < 4.78 is 5.34. The van der Waals surface area contributed by atoms with E-state index in [0.717, 1.165) is 38.2 Å². The fraction of sp³-hybridized carbons (Fsp3) is 0.611. The van der Waals surface area contributed by atoms with Crippen molar-refractivity contribution in [1.29, 1.82) is 0 Å². The molecule has 0 saturated carbocycles. The SMILES string of the molecule is CCN(CC)C(CNC(=O)C1CCCN1)c1cccc(OC)c1.Cl. The number of hydrogen-bond donors (Lipinski definition) is 2. The molecule has 1 aromatic rings. The number of nitrogens with one attached hydrogen (secondary N) is 2. The minimum Gasteiger partial charge on any atom is -0.497 e. The van der Waals surface area contributed by atoms with Gasteiger partial charge in [-0.1, -0.05) is 26.0 Å². The number of benzene rings is 1. The highest BCUT2D eigenvalue weighted by Crippen LogP contribution is 2.24.